The van der Waals surface area contributed by atoms with E-state index in [9.17, 15) is 4.79 Å². The number of hydrogen-bond acceptors (Lipinski definition) is 5. The van der Waals surface area contributed by atoms with E-state index in [4.69, 9.17) is 5.73 Å². The van der Waals surface area contributed by atoms with Crippen LogP contribution in [0.4, 0.5) is 11.4 Å². The highest BCUT2D eigenvalue weighted by Crippen LogP contribution is 2.30. The first-order valence-corrected chi connectivity index (χ1v) is 7.60. The minimum atomic E-state index is -0.242. The second-order valence-electron chi connectivity index (χ2n) is 4.02. The molecule has 0 fully saturated rings. The Labute approximate surface area is 132 Å². The first kappa shape index (κ1) is 13.3. The highest BCUT2D eigenvalue weighted by Gasteiger charge is 2.17. The lowest BCUT2D eigenvalue weighted by Crippen LogP contribution is -2.11. The number of nitrogens with two attached hydrogens (primary N) is 1. The average Bonchev–Trinajstić information content (AvgIpc) is 2.79. The second kappa shape index (κ2) is 5.33. The van der Waals surface area contributed by atoms with Crippen LogP contribution in [-0.4, -0.2) is 15.9 Å². The normalized spacial score (nSPS) is 10.7. The number of carbonyl (C=O) groups is 1. The predicted octanol–water partition coefficient (Wildman–Crippen LogP) is 3.13. The third kappa shape index (κ3) is 2.46. The summed E-state index contributed by atoms with van der Waals surface area (Å²) in [5.41, 5.74) is 7.64. The Morgan fingerprint density at radius 2 is 1.90 bits per heavy atom. The van der Waals surface area contributed by atoms with Gasteiger partial charge in [0.1, 0.15) is 15.2 Å². The lowest BCUT2D eigenvalue weighted by Gasteiger charge is -2.04. The Bertz CT molecular complexity index is 785. The molecule has 0 saturated carbocycles. The molecule has 0 spiro atoms. The summed E-state index contributed by atoms with van der Waals surface area (Å²) in [6.07, 6.45) is 3.14. The van der Waals surface area contributed by atoms with E-state index in [2.05, 4.69) is 37.9 Å². The number of amides is 1. The molecular formula is C13H9IN4OS. The molecule has 2 aromatic heterocycles. The fraction of sp³-hybridized carbons (Fsp3) is 0. The summed E-state index contributed by atoms with van der Waals surface area (Å²) in [6, 6.07) is 7.54. The number of carbonyl (C=O) groups excluding carboxylic acids is 1. The van der Waals surface area contributed by atoms with Crippen molar-refractivity contribution in [2.45, 2.75) is 0 Å². The minimum Gasteiger partial charge on any atom is -0.396 e. The first-order chi connectivity index (χ1) is 9.65. The van der Waals surface area contributed by atoms with Crippen LogP contribution in [-0.2, 0) is 0 Å². The van der Waals surface area contributed by atoms with Crippen molar-refractivity contribution < 1.29 is 4.79 Å². The lowest BCUT2D eigenvalue weighted by molar-refractivity contribution is 0.103. The van der Waals surface area contributed by atoms with Gasteiger partial charge in [-0.05, 0) is 46.9 Å². The van der Waals surface area contributed by atoms with Crippen molar-refractivity contribution in [3.05, 3.63) is 45.1 Å². The standard InChI is InChI=1S/C13H9IN4OS/c14-7-1-3-8(4-2-7)18-12(19)11-9(15)10-13(20-11)17-6-5-16-10/h1-6H,15H2,(H,18,19). The third-order valence-electron chi connectivity index (χ3n) is 2.67. The molecule has 100 valence electrons. The fourth-order valence-electron chi connectivity index (χ4n) is 1.73. The van der Waals surface area contributed by atoms with Gasteiger partial charge in [0, 0.05) is 21.7 Å². The molecule has 3 N–H and O–H groups in total. The van der Waals surface area contributed by atoms with Gasteiger partial charge in [-0.1, -0.05) is 0 Å². The number of nitrogen functional groups attached to an aromatic ring is 1. The molecule has 0 aliphatic rings. The molecule has 0 bridgehead atoms. The van der Waals surface area contributed by atoms with Gasteiger partial charge in [-0.15, -0.1) is 11.3 Å². The van der Waals surface area contributed by atoms with Crippen LogP contribution < -0.4 is 11.1 Å². The SMILES string of the molecule is Nc1c(C(=O)Nc2ccc(I)cc2)sc2nccnc12. The second-order valence-corrected chi connectivity index (χ2v) is 6.26. The maximum Gasteiger partial charge on any atom is 0.268 e. The van der Waals surface area contributed by atoms with Gasteiger partial charge < -0.3 is 11.1 Å². The van der Waals surface area contributed by atoms with Crippen molar-refractivity contribution in [1.82, 2.24) is 9.97 Å². The zero-order valence-electron chi connectivity index (χ0n) is 10.1. The van der Waals surface area contributed by atoms with Crippen LogP contribution in [0.1, 0.15) is 9.67 Å². The maximum absolute atomic E-state index is 12.3. The molecular weight excluding hydrogens is 387 g/mol. The summed E-state index contributed by atoms with van der Waals surface area (Å²) in [5.74, 6) is -0.242. The summed E-state index contributed by atoms with van der Waals surface area (Å²) < 4.78 is 1.11. The monoisotopic (exact) mass is 396 g/mol. The van der Waals surface area contributed by atoms with Gasteiger partial charge in [0.15, 0.2) is 0 Å². The van der Waals surface area contributed by atoms with Gasteiger partial charge in [-0.25, -0.2) is 9.97 Å². The molecule has 5 nitrogen and oxygen atoms in total. The fourth-order valence-corrected chi connectivity index (χ4v) is 3.01. The molecule has 2 heterocycles. The predicted molar refractivity (Wildman–Crippen MR) is 88.9 cm³/mol. The van der Waals surface area contributed by atoms with Gasteiger partial charge in [0.2, 0.25) is 0 Å². The average molecular weight is 396 g/mol. The highest BCUT2D eigenvalue weighted by molar-refractivity contribution is 14.1. The van der Waals surface area contributed by atoms with Crippen LogP contribution in [0.25, 0.3) is 10.3 Å². The number of nitrogens with one attached hydrogen (secondary N) is 1. The number of hydrogen-bond donors (Lipinski definition) is 2. The topological polar surface area (TPSA) is 80.9 Å². The molecule has 20 heavy (non-hydrogen) atoms. The molecule has 0 saturated heterocycles. The van der Waals surface area contributed by atoms with Gasteiger partial charge in [0.25, 0.3) is 5.91 Å². The van der Waals surface area contributed by atoms with Crippen molar-refractivity contribution in [2.24, 2.45) is 0 Å². The van der Waals surface area contributed by atoms with E-state index in [0.717, 1.165) is 9.26 Å². The van der Waals surface area contributed by atoms with E-state index in [1.165, 1.54) is 11.3 Å². The van der Waals surface area contributed by atoms with Crippen molar-refractivity contribution >= 4 is 61.6 Å². The summed E-state index contributed by atoms with van der Waals surface area (Å²) in [7, 11) is 0. The van der Waals surface area contributed by atoms with E-state index in [1.807, 2.05) is 24.3 Å². The van der Waals surface area contributed by atoms with Crippen LogP contribution in [0.5, 0.6) is 0 Å². The van der Waals surface area contributed by atoms with E-state index >= 15 is 0 Å². The molecule has 7 heteroatoms. The van der Waals surface area contributed by atoms with Crippen molar-refractivity contribution in [3.63, 3.8) is 0 Å². The molecule has 0 radical (unpaired) electrons. The number of rotatable bonds is 2. The number of halogens is 1. The largest absolute Gasteiger partial charge is 0.396 e. The van der Waals surface area contributed by atoms with Gasteiger partial charge in [-0.2, -0.15) is 0 Å². The molecule has 0 atom stereocenters. The van der Waals surface area contributed by atoms with E-state index in [-0.39, 0.29) is 5.91 Å². The molecule has 0 aliphatic carbocycles. The molecule has 1 amide bonds. The van der Waals surface area contributed by atoms with Crippen LogP contribution in [0.3, 0.4) is 0 Å². The summed E-state index contributed by atoms with van der Waals surface area (Å²) in [6.45, 7) is 0. The van der Waals surface area contributed by atoms with Crippen molar-refractivity contribution in [3.8, 4) is 0 Å². The van der Waals surface area contributed by atoms with E-state index in [0.29, 0.717) is 20.9 Å². The number of aromatic nitrogens is 2. The van der Waals surface area contributed by atoms with E-state index in [1.54, 1.807) is 12.4 Å². The van der Waals surface area contributed by atoms with Crippen LogP contribution in [0, 0.1) is 3.57 Å². The van der Waals surface area contributed by atoms with Crippen LogP contribution >= 0.6 is 33.9 Å². The maximum atomic E-state index is 12.3. The summed E-state index contributed by atoms with van der Waals surface area (Å²) in [4.78, 5) is 21.7. The van der Waals surface area contributed by atoms with Gasteiger partial charge in [-0.3, -0.25) is 4.79 Å². The molecule has 3 aromatic rings. The Morgan fingerprint density at radius 1 is 1.20 bits per heavy atom. The highest BCUT2D eigenvalue weighted by atomic mass is 127. The number of anilines is 2. The zero-order chi connectivity index (χ0) is 14.1. The Hall–Kier alpha value is -1.74. The van der Waals surface area contributed by atoms with Crippen LogP contribution in [0.2, 0.25) is 0 Å². The molecule has 0 unspecified atom stereocenters. The molecule has 3 rings (SSSR count). The smallest absolute Gasteiger partial charge is 0.268 e. The summed E-state index contributed by atoms with van der Waals surface area (Å²) in [5, 5.41) is 2.82. The van der Waals surface area contributed by atoms with E-state index < -0.39 is 0 Å². The van der Waals surface area contributed by atoms with Crippen LogP contribution in [0.15, 0.2) is 36.7 Å². The van der Waals surface area contributed by atoms with Gasteiger partial charge in [0.05, 0.1) is 5.69 Å². The Kier molecular flexibility index (Phi) is 3.53. The van der Waals surface area contributed by atoms with Gasteiger partial charge >= 0.3 is 0 Å². The quantitative estimate of drug-likeness (QED) is 0.653. The lowest BCUT2D eigenvalue weighted by atomic mass is 10.3. The summed E-state index contributed by atoms with van der Waals surface area (Å²) >= 11 is 3.45. The molecule has 0 aliphatic heterocycles. The first-order valence-electron chi connectivity index (χ1n) is 5.71. The Balaban J connectivity index is 1.92. The Morgan fingerprint density at radius 3 is 2.60 bits per heavy atom. The number of benzene rings is 1. The number of fused-ring (bicyclic) bond motifs is 1. The number of thiophene rings is 1. The van der Waals surface area contributed by atoms with Crippen molar-refractivity contribution in [1.29, 1.82) is 0 Å². The number of nitrogens with zero attached hydrogens (tertiary/aromatic N) is 2. The third-order valence-corrected chi connectivity index (χ3v) is 4.49. The zero-order valence-corrected chi connectivity index (χ0v) is 13.1. The van der Waals surface area contributed by atoms with Crippen molar-refractivity contribution in [2.75, 3.05) is 11.1 Å². The minimum absolute atomic E-state index is 0.242. The molecule has 1 aromatic carbocycles.